The molecule has 0 fully saturated rings. The van der Waals surface area contributed by atoms with Gasteiger partial charge in [-0.3, -0.25) is 4.90 Å². The fourth-order valence-electron chi connectivity index (χ4n) is 1.64. The van der Waals surface area contributed by atoms with E-state index in [-0.39, 0.29) is 13.2 Å². The predicted octanol–water partition coefficient (Wildman–Crippen LogP) is 0.457. The van der Waals surface area contributed by atoms with Crippen molar-refractivity contribution in [2.75, 3.05) is 32.8 Å². The third kappa shape index (κ3) is 14.6. The number of hydrogen-bond acceptors (Lipinski definition) is 7. The molecule has 9 nitrogen and oxygen atoms in total. The molecule has 0 aliphatic carbocycles. The summed E-state index contributed by atoms with van der Waals surface area (Å²) in [6.45, 7) is 3.66. The summed E-state index contributed by atoms with van der Waals surface area (Å²) in [7, 11) is 0. The zero-order valence-corrected chi connectivity index (χ0v) is 14.1. The minimum Gasteiger partial charge on any atom is -0.478 e. The molecular weight excluding hydrogens is 334 g/mol. The molecule has 0 saturated heterocycles. The Bertz CT molecular complexity index is 470. The van der Waals surface area contributed by atoms with Crippen LogP contribution in [0.5, 0.6) is 0 Å². The van der Waals surface area contributed by atoms with Crippen LogP contribution >= 0.6 is 0 Å². The molecule has 0 rings (SSSR count). The maximum atomic E-state index is 11.3. The lowest BCUT2D eigenvalue weighted by atomic mass is 10.3. The first-order valence-electron chi connectivity index (χ1n) is 7.73. The number of carbonyl (C=O) groups excluding carboxylic acids is 2. The van der Waals surface area contributed by atoms with Crippen LogP contribution < -0.4 is 0 Å². The van der Waals surface area contributed by atoms with E-state index in [0.29, 0.717) is 31.8 Å². The van der Waals surface area contributed by atoms with Gasteiger partial charge in [-0.15, -0.1) is 0 Å². The first kappa shape index (κ1) is 22.3. The SMILES string of the molecule is CCCCN(CCOC(=O)/C=C/C(=O)O)CCOC(=O)/C=C/C(=O)O. The molecule has 0 aromatic heterocycles. The number of ether oxygens (including phenoxy) is 2. The number of rotatable bonds is 13. The van der Waals surface area contributed by atoms with Crippen LogP contribution in [0.2, 0.25) is 0 Å². The summed E-state index contributed by atoms with van der Waals surface area (Å²) in [5, 5.41) is 16.8. The molecule has 2 N–H and O–H groups in total. The lowest BCUT2D eigenvalue weighted by Crippen LogP contribution is -2.32. The van der Waals surface area contributed by atoms with Crippen LogP contribution in [0, 0.1) is 0 Å². The van der Waals surface area contributed by atoms with Crippen LogP contribution in [0.25, 0.3) is 0 Å². The van der Waals surface area contributed by atoms with Crippen molar-refractivity contribution in [1.29, 1.82) is 0 Å². The van der Waals surface area contributed by atoms with Gasteiger partial charge in [-0.2, -0.15) is 0 Å². The molecule has 25 heavy (non-hydrogen) atoms. The Morgan fingerprint density at radius 1 is 0.800 bits per heavy atom. The van der Waals surface area contributed by atoms with E-state index in [1.165, 1.54) is 0 Å². The summed E-state index contributed by atoms with van der Waals surface area (Å²) in [5.74, 6) is -3.97. The zero-order chi connectivity index (χ0) is 19.1. The van der Waals surface area contributed by atoms with Crippen molar-refractivity contribution >= 4 is 23.9 Å². The summed E-state index contributed by atoms with van der Waals surface area (Å²) in [5.41, 5.74) is 0. The van der Waals surface area contributed by atoms with E-state index in [1.54, 1.807) is 0 Å². The van der Waals surface area contributed by atoms with Gasteiger partial charge in [0.25, 0.3) is 0 Å². The summed E-state index contributed by atoms with van der Waals surface area (Å²) < 4.78 is 9.76. The minimum absolute atomic E-state index is 0.0688. The highest BCUT2D eigenvalue weighted by molar-refractivity contribution is 5.91. The van der Waals surface area contributed by atoms with E-state index >= 15 is 0 Å². The summed E-state index contributed by atoms with van der Waals surface area (Å²) in [4.78, 5) is 45.0. The van der Waals surface area contributed by atoms with Crippen molar-refractivity contribution in [3.63, 3.8) is 0 Å². The van der Waals surface area contributed by atoms with E-state index in [0.717, 1.165) is 25.0 Å². The fourth-order valence-corrected chi connectivity index (χ4v) is 1.64. The van der Waals surface area contributed by atoms with E-state index < -0.39 is 23.9 Å². The molecule has 0 aliphatic rings. The maximum Gasteiger partial charge on any atom is 0.331 e. The van der Waals surface area contributed by atoms with Crippen LogP contribution in [0.3, 0.4) is 0 Å². The second-order valence-corrected chi connectivity index (χ2v) is 4.87. The van der Waals surface area contributed by atoms with Gasteiger partial charge in [0.15, 0.2) is 0 Å². The number of carboxylic acids is 2. The number of unbranched alkanes of at least 4 members (excludes halogenated alkanes) is 1. The van der Waals surface area contributed by atoms with Crippen LogP contribution in [-0.4, -0.2) is 71.8 Å². The topological polar surface area (TPSA) is 130 Å². The molecule has 0 saturated carbocycles. The minimum atomic E-state index is -1.24. The highest BCUT2D eigenvalue weighted by Gasteiger charge is 2.07. The zero-order valence-electron chi connectivity index (χ0n) is 14.1. The van der Waals surface area contributed by atoms with Crippen molar-refractivity contribution in [2.45, 2.75) is 19.8 Å². The molecule has 0 spiro atoms. The second kappa shape index (κ2) is 13.7. The molecular formula is C16H23NO8. The third-order valence-electron chi connectivity index (χ3n) is 2.86. The largest absolute Gasteiger partial charge is 0.478 e. The van der Waals surface area contributed by atoms with E-state index in [9.17, 15) is 19.2 Å². The Labute approximate surface area is 145 Å². The van der Waals surface area contributed by atoms with Crippen molar-refractivity contribution in [3.05, 3.63) is 24.3 Å². The molecule has 0 heterocycles. The van der Waals surface area contributed by atoms with Gasteiger partial charge in [0.1, 0.15) is 13.2 Å². The van der Waals surface area contributed by atoms with E-state index in [4.69, 9.17) is 19.7 Å². The summed E-state index contributed by atoms with van der Waals surface area (Å²) >= 11 is 0. The Balaban J connectivity index is 4.19. The van der Waals surface area contributed by atoms with Gasteiger partial charge in [-0.1, -0.05) is 13.3 Å². The lowest BCUT2D eigenvalue weighted by Gasteiger charge is -2.21. The first-order chi connectivity index (χ1) is 11.8. The molecule has 0 aliphatic heterocycles. The molecule has 0 amide bonds. The highest BCUT2D eigenvalue weighted by Crippen LogP contribution is 1.97. The van der Waals surface area contributed by atoms with Crippen molar-refractivity contribution < 1.29 is 38.9 Å². The van der Waals surface area contributed by atoms with Gasteiger partial charge in [0, 0.05) is 37.4 Å². The molecule has 0 atom stereocenters. The molecule has 140 valence electrons. The van der Waals surface area contributed by atoms with Crippen molar-refractivity contribution in [1.82, 2.24) is 4.90 Å². The number of carbonyl (C=O) groups is 4. The van der Waals surface area contributed by atoms with Crippen molar-refractivity contribution in [3.8, 4) is 0 Å². The third-order valence-corrected chi connectivity index (χ3v) is 2.86. The van der Waals surface area contributed by atoms with Gasteiger partial charge < -0.3 is 19.7 Å². The number of nitrogens with zero attached hydrogens (tertiary/aromatic N) is 1. The van der Waals surface area contributed by atoms with Gasteiger partial charge in [-0.05, 0) is 13.0 Å². The smallest absolute Gasteiger partial charge is 0.331 e. The number of carboxylic acid groups (broad SMARTS) is 2. The fraction of sp³-hybridized carbons (Fsp3) is 0.500. The van der Waals surface area contributed by atoms with E-state index in [2.05, 4.69) is 0 Å². The Morgan fingerprint density at radius 2 is 1.24 bits per heavy atom. The maximum absolute atomic E-state index is 11.3. The van der Waals surface area contributed by atoms with Crippen LogP contribution in [-0.2, 0) is 28.7 Å². The van der Waals surface area contributed by atoms with Crippen LogP contribution in [0.1, 0.15) is 19.8 Å². The molecule has 9 heteroatoms. The molecule has 0 radical (unpaired) electrons. The molecule has 0 aromatic rings. The number of hydrogen-bond donors (Lipinski definition) is 2. The number of aliphatic carboxylic acids is 2. The summed E-state index contributed by atoms with van der Waals surface area (Å²) in [6, 6.07) is 0. The Kier molecular flexibility index (Phi) is 12.3. The van der Waals surface area contributed by atoms with Crippen LogP contribution in [0.4, 0.5) is 0 Å². The first-order valence-corrected chi connectivity index (χ1v) is 7.73. The van der Waals surface area contributed by atoms with Crippen LogP contribution in [0.15, 0.2) is 24.3 Å². The Morgan fingerprint density at radius 3 is 1.60 bits per heavy atom. The average molecular weight is 357 g/mol. The normalized spacial score (nSPS) is 11.1. The molecule has 0 aromatic carbocycles. The number of esters is 2. The average Bonchev–Trinajstić information content (AvgIpc) is 2.55. The van der Waals surface area contributed by atoms with Crippen molar-refractivity contribution in [2.24, 2.45) is 0 Å². The van der Waals surface area contributed by atoms with Gasteiger partial charge in [0.2, 0.25) is 0 Å². The van der Waals surface area contributed by atoms with E-state index in [1.807, 2.05) is 11.8 Å². The van der Waals surface area contributed by atoms with Gasteiger partial charge in [-0.25, -0.2) is 19.2 Å². The quantitative estimate of drug-likeness (QED) is 0.356. The standard InChI is InChI=1S/C16H23NO8/c1-2-3-8-17(9-11-24-15(22)6-4-13(18)19)10-12-25-16(23)7-5-14(20)21/h4-7H,2-3,8-12H2,1H3,(H,18,19)(H,20,21)/b6-4+,7-5+. The lowest BCUT2D eigenvalue weighted by molar-refractivity contribution is -0.139. The molecule has 0 unspecified atom stereocenters. The molecule has 0 bridgehead atoms. The Hall–Kier alpha value is -2.68. The summed E-state index contributed by atoms with van der Waals surface area (Å²) in [6.07, 6.45) is 4.91. The highest BCUT2D eigenvalue weighted by atomic mass is 16.5. The van der Waals surface area contributed by atoms with Gasteiger partial charge >= 0.3 is 23.9 Å². The predicted molar refractivity (Wildman–Crippen MR) is 86.8 cm³/mol. The van der Waals surface area contributed by atoms with Gasteiger partial charge in [0.05, 0.1) is 0 Å². The monoisotopic (exact) mass is 357 g/mol. The second-order valence-electron chi connectivity index (χ2n) is 4.87.